The van der Waals surface area contributed by atoms with Gasteiger partial charge in [-0.15, -0.1) is 0 Å². The van der Waals surface area contributed by atoms with Crippen molar-refractivity contribution in [3.63, 3.8) is 0 Å². The van der Waals surface area contributed by atoms with Crippen LogP contribution < -0.4 is 10.2 Å². The van der Waals surface area contributed by atoms with Crippen molar-refractivity contribution in [2.24, 2.45) is 5.92 Å². The Morgan fingerprint density at radius 1 is 1.48 bits per heavy atom. The van der Waals surface area contributed by atoms with Crippen LogP contribution in [0.2, 0.25) is 5.02 Å². The van der Waals surface area contributed by atoms with E-state index < -0.39 is 0 Å². The van der Waals surface area contributed by atoms with Crippen LogP contribution in [0, 0.1) is 12.8 Å². The Labute approximate surface area is 130 Å². The molecule has 21 heavy (non-hydrogen) atoms. The zero-order valence-electron chi connectivity index (χ0n) is 12.3. The topological polar surface area (TPSA) is 44.0 Å². The van der Waals surface area contributed by atoms with E-state index in [1.165, 1.54) is 17.7 Å². The molecule has 0 radical (unpaired) electrons. The van der Waals surface area contributed by atoms with Crippen LogP contribution in [0.4, 0.5) is 5.69 Å². The Morgan fingerprint density at radius 2 is 2.38 bits per heavy atom. The zero-order chi connectivity index (χ0) is 14.7. The SMILES string of the molecule is Cc1ccc(Cl)cc1N1CC[C@H](CNCc2ncc[nH]2)C1. The zero-order valence-corrected chi connectivity index (χ0v) is 13.0. The van der Waals surface area contributed by atoms with Crippen LogP contribution in [-0.4, -0.2) is 29.6 Å². The van der Waals surface area contributed by atoms with Gasteiger partial charge in [0.15, 0.2) is 0 Å². The van der Waals surface area contributed by atoms with Crippen molar-refractivity contribution in [1.82, 2.24) is 15.3 Å². The van der Waals surface area contributed by atoms with Gasteiger partial charge in [0.05, 0.1) is 6.54 Å². The maximum absolute atomic E-state index is 6.12. The fourth-order valence-corrected chi connectivity index (χ4v) is 3.10. The number of aromatic nitrogens is 2. The Morgan fingerprint density at radius 3 is 3.19 bits per heavy atom. The molecule has 0 aliphatic carbocycles. The summed E-state index contributed by atoms with van der Waals surface area (Å²) in [5, 5.41) is 4.30. The first-order valence-electron chi connectivity index (χ1n) is 7.42. The van der Waals surface area contributed by atoms with Crippen molar-refractivity contribution in [3.05, 3.63) is 47.0 Å². The molecular formula is C16H21ClN4. The van der Waals surface area contributed by atoms with Gasteiger partial charge in [-0.25, -0.2) is 4.98 Å². The van der Waals surface area contributed by atoms with E-state index in [4.69, 9.17) is 11.6 Å². The number of hydrogen-bond acceptors (Lipinski definition) is 3. The highest BCUT2D eigenvalue weighted by molar-refractivity contribution is 6.30. The molecule has 2 heterocycles. The highest BCUT2D eigenvalue weighted by Gasteiger charge is 2.23. The number of anilines is 1. The van der Waals surface area contributed by atoms with Crippen molar-refractivity contribution in [2.45, 2.75) is 19.9 Å². The van der Waals surface area contributed by atoms with E-state index in [1.807, 2.05) is 12.3 Å². The summed E-state index contributed by atoms with van der Waals surface area (Å²) >= 11 is 6.12. The number of hydrogen-bond donors (Lipinski definition) is 2. The highest BCUT2D eigenvalue weighted by Crippen LogP contribution is 2.29. The summed E-state index contributed by atoms with van der Waals surface area (Å²) in [5.41, 5.74) is 2.57. The normalized spacial score (nSPS) is 18.4. The smallest absolute Gasteiger partial charge is 0.120 e. The van der Waals surface area contributed by atoms with Crippen LogP contribution in [0.15, 0.2) is 30.6 Å². The van der Waals surface area contributed by atoms with Gasteiger partial charge in [-0.1, -0.05) is 17.7 Å². The lowest BCUT2D eigenvalue weighted by atomic mass is 10.1. The van der Waals surface area contributed by atoms with Crippen LogP contribution in [0.5, 0.6) is 0 Å². The molecule has 5 heteroatoms. The number of imidazole rings is 1. The molecule has 4 nitrogen and oxygen atoms in total. The predicted octanol–water partition coefficient (Wildman–Crippen LogP) is 2.99. The molecule has 0 saturated carbocycles. The van der Waals surface area contributed by atoms with Gasteiger partial charge in [0, 0.05) is 42.7 Å². The summed E-state index contributed by atoms with van der Waals surface area (Å²) in [5.74, 6) is 1.67. The number of aromatic amines is 1. The molecule has 1 aromatic carbocycles. The molecule has 0 spiro atoms. The lowest BCUT2D eigenvalue weighted by molar-refractivity contribution is 0.511. The summed E-state index contributed by atoms with van der Waals surface area (Å²) in [4.78, 5) is 9.78. The molecular weight excluding hydrogens is 284 g/mol. The number of H-pyrrole nitrogens is 1. The number of aryl methyl sites for hydroxylation is 1. The molecule has 1 atom stereocenters. The maximum atomic E-state index is 6.12. The molecule has 2 aromatic rings. The third-order valence-corrected chi connectivity index (χ3v) is 4.31. The summed E-state index contributed by atoms with van der Waals surface area (Å²) in [6.07, 6.45) is 4.86. The van der Waals surface area contributed by atoms with Crippen molar-refractivity contribution in [1.29, 1.82) is 0 Å². The van der Waals surface area contributed by atoms with E-state index in [9.17, 15) is 0 Å². The van der Waals surface area contributed by atoms with Crippen molar-refractivity contribution >= 4 is 17.3 Å². The summed E-state index contributed by atoms with van der Waals surface area (Å²) in [6.45, 7) is 6.17. The molecule has 1 fully saturated rings. The van der Waals surface area contributed by atoms with E-state index in [2.05, 4.69) is 39.2 Å². The lowest BCUT2D eigenvalue weighted by Crippen LogP contribution is -2.26. The average Bonchev–Trinajstić information content (AvgIpc) is 3.13. The molecule has 3 rings (SSSR count). The largest absolute Gasteiger partial charge is 0.371 e. The van der Waals surface area contributed by atoms with Crippen LogP contribution in [0.1, 0.15) is 17.8 Å². The minimum Gasteiger partial charge on any atom is -0.371 e. The van der Waals surface area contributed by atoms with Crippen molar-refractivity contribution < 1.29 is 0 Å². The second kappa shape index (κ2) is 6.50. The quantitative estimate of drug-likeness (QED) is 0.892. The molecule has 1 saturated heterocycles. The van der Waals surface area contributed by atoms with Gasteiger partial charge in [-0.2, -0.15) is 0 Å². The lowest BCUT2D eigenvalue weighted by Gasteiger charge is -2.21. The number of rotatable bonds is 5. The fraction of sp³-hybridized carbons (Fsp3) is 0.438. The molecule has 2 N–H and O–H groups in total. The number of nitrogens with one attached hydrogen (secondary N) is 2. The number of nitrogens with zero attached hydrogens (tertiary/aromatic N) is 2. The predicted molar refractivity (Wildman–Crippen MR) is 86.8 cm³/mol. The number of halogens is 1. The van der Waals surface area contributed by atoms with Gasteiger partial charge in [-0.3, -0.25) is 0 Å². The van der Waals surface area contributed by atoms with Gasteiger partial charge < -0.3 is 15.2 Å². The summed E-state index contributed by atoms with van der Waals surface area (Å²) in [6, 6.07) is 6.13. The Bertz CT molecular complexity index is 582. The van der Waals surface area contributed by atoms with E-state index in [-0.39, 0.29) is 0 Å². The molecule has 1 aromatic heterocycles. The molecule has 1 aliphatic heterocycles. The molecule has 112 valence electrons. The third-order valence-electron chi connectivity index (χ3n) is 4.08. The third kappa shape index (κ3) is 3.57. The second-order valence-corrected chi connectivity index (χ2v) is 6.13. The maximum Gasteiger partial charge on any atom is 0.120 e. The molecule has 1 aliphatic rings. The first-order valence-corrected chi connectivity index (χ1v) is 7.80. The minimum absolute atomic E-state index is 0.679. The van der Waals surface area contributed by atoms with Crippen LogP contribution in [0.25, 0.3) is 0 Å². The molecule has 0 bridgehead atoms. The van der Waals surface area contributed by atoms with E-state index >= 15 is 0 Å². The molecule has 0 amide bonds. The van der Waals surface area contributed by atoms with E-state index in [0.29, 0.717) is 5.92 Å². The van der Waals surface area contributed by atoms with Gasteiger partial charge in [0.2, 0.25) is 0 Å². The van der Waals surface area contributed by atoms with Gasteiger partial charge in [0.1, 0.15) is 5.82 Å². The van der Waals surface area contributed by atoms with E-state index in [1.54, 1.807) is 6.20 Å². The summed E-state index contributed by atoms with van der Waals surface area (Å²) < 4.78 is 0. The molecule has 0 unspecified atom stereocenters. The van der Waals surface area contributed by atoms with Crippen LogP contribution in [-0.2, 0) is 6.54 Å². The standard InChI is InChI=1S/C16H21ClN4/c1-12-2-3-14(17)8-15(12)21-7-4-13(11-21)9-18-10-16-19-5-6-20-16/h2-3,5-6,8,13,18H,4,7,9-11H2,1H3,(H,19,20)/t13-/m1/s1. The Balaban J connectivity index is 1.52. The van der Waals surface area contributed by atoms with Crippen LogP contribution in [0.3, 0.4) is 0 Å². The first kappa shape index (κ1) is 14.4. The Hall–Kier alpha value is -1.52. The first-order chi connectivity index (χ1) is 10.2. The highest BCUT2D eigenvalue weighted by atomic mass is 35.5. The Kier molecular flexibility index (Phi) is 4.46. The fourth-order valence-electron chi connectivity index (χ4n) is 2.93. The summed E-state index contributed by atoms with van der Waals surface area (Å²) in [7, 11) is 0. The van der Waals surface area contributed by atoms with E-state index in [0.717, 1.165) is 37.0 Å². The average molecular weight is 305 g/mol. The van der Waals surface area contributed by atoms with Gasteiger partial charge in [0.25, 0.3) is 0 Å². The monoisotopic (exact) mass is 304 g/mol. The van der Waals surface area contributed by atoms with Gasteiger partial charge in [-0.05, 0) is 37.0 Å². The number of benzene rings is 1. The minimum atomic E-state index is 0.679. The van der Waals surface area contributed by atoms with Crippen LogP contribution >= 0.6 is 11.6 Å². The van der Waals surface area contributed by atoms with Gasteiger partial charge >= 0.3 is 0 Å². The van der Waals surface area contributed by atoms with Crippen molar-refractivity contribution in [2.75, 3.05) is 24.5 Å². The second-order valence-electron chi connectivity index (χ2n) is 5.70. The van der Waals surface area contributed by atoms with Crippen molar-refractivity contribution in [3.8, 4) is 0 Å².